The van der Waals surface area contributed by atoms with Gasteiger partial charge >= 0.3 is 0 Å². The Morgan fingerprint density at radius 2 is 1.82 bits per heavy atom. The quantitative estimate of drug-likeness (QED) is 0.415. The zero-order chi connectivity index (χ0) is 27.4. The van der Waals surface area contributed by atoms with Gasteiger partial charge in [0, 0.05) is 33.3 Å². The number of carbonyl (C=O) groups is 3. The molecule has 1 aromatic heterocycles. The number of unbranched alkanes of at least 4 members (excludes halogenated alkanes) is 1. The molecule has 5 heterocycles. The Labute approximate surface area is 226 Å². The summed E-state index contributed by atoms with van der Waals surface area (Å²) in [5, 5.41) is 17.9. The standard InChI is InChI=1S/C28H34N6O5/c1-3-27-12-8-14-31(2)24(36)21(27)22-25(37)33(16-6-7-17-35)23-26(38)32(15-9-13-28(22,23)39-27)18-34-20-11-5-4-10-19(20)29-30-34/h4-5,8-13,21-23,35H,3,6-7,14-18H2,1-2H3/t21-,22-,23?,27+,28-/m0/s1. The van der Waals surface area contributed by atoms with Gasteiger partial charge in [-0.3, -0.25) is 14.4 Å². The van der Waals surface area contributed by atoms with Gasteiger partial charge < -0.3 is 24.5 Å². The Morgan fingerprint density at radius 3 is 2.62 bits per heavy atom. The lowest BCUT2D eigenvalue weighted by atomic mass is 9.73. The highest BCUT2D eigenvalue weighted by Gasteiger charge is 2.75. The molecule has 2 saturated heterocycles. The van der Waals surface area contributed by atoms with Crippen LogP contribution in [-0.4, -0.2) is 103 Å². The Morgan fingerprint density at radius 1 is 1.03 bits per heavy atom. The third kappa shape index (κ3) is 3.74. The van der Waals surface area contributed by atoms with Crippen LogP contribution in [0.25, 0.3) is 11.0 Å². The summed E-state index contributed by atoms with van der Waals surface area (Å²) >= 11 is 0. The first-order valence-corrected chi connectivity index (χ1v) is 13.7. The molecule has 1 aromatic carbocycles. The monoisotopic (exact) mass is 534 g/mol. The van der Waals surface area contributed by atoms with Crippen LogP contribution in [0.15, 0.2) is 48.6 Å². The number of aromatic nitrogens is 3. The van der Waals surface area contributed by atoms with Gasteiger partial charge in [0.25, 0.3) is 5.91 Å². The van der Waals surface area contributed by atoms with Crippen molar-refractivity contribution >= 4 is 28.8 Å². The molecule has 4 aliphatic heterocycles. The molecule has 0 bridgehead atoms. The summed E-state index contributed by atoms with van der Waals surface area (Å²) in [5.74, 6) is -2.23. The van der Waals surface area contributed by atoms with Crippen molar-refractivity contribution in [1.82, 2.24) is 29.7 Å². The van der Waals surface area contributed by atoms with Crippen molar-refractivity contribution in [2.24, 2.45) is 11.8 Å². The second-order valence-electron chi connectivity index (χ2n) is 10.9. The minimum atomic E-state index is -1.29. The summed E-state index contributed by atoms with van der Waals surface area (Å²) in [6.45, 7) is 3.13. The van der Waals surface area contributed by atoms with Gasteiger partial charge in [0.1, 0.15) is 23.8 Å². The summed E-state index contributed by atoms with van der Waals surface area (Å²) in [4.78, 5) is 47.3. The number of aliphatic hydroxyl groups excluding tert-OH is 1. The lowest BCUT2D eigenvalue weighted by Gasteiger charge is -2.38. The Hall–Kier alpha value is -3.57. The minimum absolute atomic E-state index is 0.00718. The molecule has 3 amide bonds. The number of rotatable bonds is 7. The van der Waals surface area contributed by atoms with Gasteiger partial charge in [0.15, 0.2) is 0 Å². The first-order chi connectivity index (χ1) is 18.9. The van der Waals surface area contributed by atoms with Crippen LogP contribution in [0, 0.1) is 11.8 Å². The molecular formula is C28H34N6O5. The van der Waals surface area contributed by atoms with Gasteiger partial charge in [-0.1, -0.05) is 48.6 Å². The molecule has 1 N–H and O–H groups in total. The average molecular weight is 535 g/mol. The lowest BCUT2D eigenvalue weighted by molar-refractivity contribution is -0.154. The predicted molar refractivity (Wildman–Crippen MR) is 141 cm³/mol. The zero-order valence-corrected chi connectivity index (χ0v) is 22.3. The van der Waals surface area contributed by atoms with Crippen LogP contribution >= 0.6 is 0 Å². The van der Waals surface area contributed by atoms with Crippen LogP contribution in [0.4, 0.5) is 0 Å². The van der Waals surface area contributed by atoms with Crippen LogP contribution in [0.5, 0.6) is 0 Å². The second kappa shape index (κ2) is 9.56. The summed E-state index contributed by atoms with van der Waals surface area (Å²) in [6, 6.07) is 6.61. The van der Waals surface area contributed by atoms with Crippen LogP contribution in [0.2, 0.25) is 0 Å². The predicted octanol–water partition coefficient (Wildman–Crippen LogP) is 0.949. The molecule has 5 atom stereocenters. The van der Waals surface area contributed by atoms with Crippen molar-refractivity contribution in [3.05, 3.63) is 48.6 Å². The molecule has 39 heavy (non-hydrogen) atoms. The Balaban J connectivity index is 1.43. The fourth-order valence-electron chi connectivity index (χ4n) is 6.87. The van der Waals surface area contributed by atoms with E-state index in [0.29, 0.717) is 32.4 Å². The molecule has 1 unspecified atom stereocenters. The maximum atomic E-state index is 14.4. The van der Waals surface area contributed by atoms with Gasteiger partial charge in [0.2, 0.25) is 11.8 Å². The normalized spacial score (nSPS) is 32.0. The van der Waals surface area contributed by atoms with Crippen LogP contribution in [0.1, 0.15) is 26.2 Å². The van der Waals surface area contributed by atoms with Crippen LogP contribution in [0.3, 0.4) is 0 Å². The number of aliphatic hydroxyl groups is 1. The highest BCUT2D eigenvalue weighted by Crippen LogP contribution is 2.58. The van der Waals surface area contributed by atoms with E-state index in [0.717, 1.165) is 11.0 Å². The zero-order valence-electron chi connectivity index (χ0n) is 22.3. The maximum absolute atomic E-state index is 14.4. The number of hydrogen-bond acceptors (Lipinski definition) is 7. The molecule has 0 saturated carbocycles. The maximum Gasteiger partial charge on any atom is 0.250 e. The lowest BCUT2D eigenvalue weighted by Crippen LogP contribution is -2.56. The second-order valence-corrected chi connectivity index (χ2v) is 10.9. The third-order valence-corrected chi connectivity index (χ3v) is 8.76. The molecule has 11 nitrogen and oxygen atoms in total. The van der Waals surface area contributed by atoms with Crippen molar-refractivity contribution in [3.63, 3.8) is 0 Å². The topological polar surface area (TPSA) is 121 Å². The van der Waals surface area contributed by atoms with E-state index >= 15 is 0 Å². The molecule has 0 radical (unpaired) electrons. The summed E-state index contributed by atoms with van der Waals surface area (Å²) < 4.78 is 8.59. The number of likely N-dealkylation sites (tertiary alicyclic amines) is 1. The minimum Gasteiger partial charge on any atom is -0.396 e. The fourth-order valence-corrected chi connectivity index (χ4v) is 6.87. The number of likely N-dealkylation sites (N-methyl/N-ethyl adjacent to an activating group) is 1. The molecule has 0 aliphatic carbocycles. The van der Waals surface area contributed by atoms with Crippen molar-refractivity contribution in [2.45, 2.75) is 50.1 Å². The number of nitrogens with zero attached hydrogens (tertiary/aromatic N) is 6. The van der Waals surface area contributed by atoms with Gasteiger partial charge in [-0.05, 0) is 31.4 Å². The van der Waals surface area contributed by atoms with E-state index in [1.165, 1.54) is 0 Å². The van der Waals surface area contributed by atoms with E-state index in [1.807, 2.05) is 55.5 Å². The van der Waals surface area contributed by atoms with Gasteiger partial charge in [-0.25, -0.2) is 4.68 Å². The number of fused-ring (bicyclic) bond motifs is 3. The molecule has 6 rings (SSSR count). The number of ether oxygens (including phenoxy) is 1. The summed E-state index contributed by atoms with van der Waals surface area (Å²) in [5.41, 5.74) is -0.742. The van der Waals surface area contributed by atoms with E-state index in [2.05, 4.69) is 10.3 Å². The molecule has 11 heteroatoms. The van der Waals surface area contributed by atoms with Crippen molar-refractivity contribution in [1.29, 1.82) is 0 Å². The SMILES string of the molecule is CC[C@@]12C=CCN(C)C(=O)[C@@H]1[C@H]1C(=O)N(CCCCO)C3C(=O)N(Cn4nnc5ccccc54)CC=C[C@@]31O2. The molecule has 206 valence electrons. The largest absolute Gasteiger partial charge is 0.396 e. The molecule has 1 spiro atoms. The van der Waals surface area contributed by atoms with E-state index < -0.39 is 29.1 Å². The van der Waals surface area contributed by atoms with Gasteiger partial charge in [-0.15, -0.1) is 5.10 Å². The Bertz CT molecular complexity index is 1370. The van der Waals surface area contributed by atoms with Gasteiger partial charge in [0.05, 0.1) is 23.0 Å². The molecule has 2 aromatic rings. The third-order valence-electron chi connectivity index (χ3n) is 8.76. The van der Waals surface area contributed by atoms with E-state index in [9.17, 15) is 19.5 Å². The highest BCUT2D eigenvalue weighted by molar-refractivity contribution is 6.00. The molecule has 4 aliphatic rings. The van der Waals surface area contributed by atoms with Crippen molar-refractivity contribution < 1.29 is 24.2 Å². The van der Waals surface area contributed by atoms with Crippen LogP contribution < -0.4 is 0 Å². The first kappa shape index (κ1) is 25.7. The molecule has 2 fully saturated rings. The van der Waals surface area contributed by atoms with Crippen LogP contribution in [-0.2, 0) is 25.8 Å². The summed E-state index contributed by atoms with van der Waals surface area (Å²) in [6.07, 6.45) is 9.10. The fraction of sp³-hybridized carbons (Fsp3) is 0.536. The Kier molecular flexibility index (Phi) is 6.30. The van der Waals surface area contributed by atoms with Crippen molar-refractivity contribution in [2.75, 3.05) is 33.3 Å². The number of hydrogen-bond donors (Lipinski definition) is 1. The number of carbonyl (C=O) groups excluding carboxylic acids is 3. The van der Waals surface area contributed by atoms with Gasteiger partial charge in [-0.2, -0.15) is 0 Å². The van der Waals surface area contributed by atoms with Crippen molar-refractivity contribution in [3.8, 4) is 0 Å². The molecular weight excluding hydrogens is 500 g/mol. The average Bonchev–Trinajstić information content (AvgIpc) is 3.48. The number of benzene rings is 1. The van der Waals surface area contributed by atoms with E-state index in [4.69, 9.17) is 4.74 Å². The van der Waals surface area contributed by atoms with E-state index in [1.54, 1.807) is 26.4 Å². The highest BCUT2D eigenvalue weighted by atomic mass is 16.5. The van der Waals surface area contributed by atoms with E-state index in [-0.39, 0.29) is 37.5 Å². The summed E-state index contributed by atoms with van der Waals surface area (Å²) in [7, 11) is 1.73. The first-order valence-electron chi connectivity index (χ1n) is 13.7. The number of amides is 3. The number of para-hydroxylation sites is 1. The smallest absolute Gasteiger partial charge is 0.250 e.